The van der Waals surface area contributed by atoms with Crippen LogP contribution in [0.1, 0.15) is 0 Å². The van der Waals surface area contributed by atoms with E-state index in [0.717, 1.165) is 4.80 Å². The summed E-state index contributed by atoms with van der Waals surface area (Å²) in [5.41, 5.74) is 4.82. The molecule has 0 spiro atoms. The molecule has 0 aromatic carbocycles. The van der Waals surface area contributed by atoms with Crippen LogP contribution < -0.4 is 5.73 Å². The number of rotatable bonds is 2. The second-order valence-corrected chi connectivity index (χ2v) is 2.23. The largest absolute Gasteiger partial charge is 0.405 e. The molecule has 0 saturated carbocycles. The van der Waals surface area contributed by atoms with Crippen molar-refractivity contribution in [1.29, 1.82) is 0 Å². The molecule has 2 N–H and O–H groups in total. The van der Waals surface area contributed by atoms with Gasteiger partial charge in [-0.15, -0.1) is 0 Å². The first-order chi connectivity index (χ1) is 5.50. The van der Waals surface area contributed by atoms with Gasteiger partial charge in [-0.05, 0) is 0 Å². The van der Waals surface area contributed by atoms with Gasteiger partial charge in [-0.2, -0.15) is 28.2 Å². The van der Waals surface area contributed by atoms with E-state index in [2.05, 4.69) is 10.2 Å². The van der Waals surface area contributed by atoms with Crippen LogP contribution in [0.25, 0.3) is 0 Å². The van der Waals surface area contributed by atoms with Gasteiger partial charge in [-0.1, -0.05) is 0 Å². The highest BCUT2D eigenvalue weighted by Crippen LogP contribution is 2.18. The number of nitrogens with zero attached hydrogens (tertiary/aromatic N) is 3. The lowest BCUT2D eigenvalue weighted by Gasteiger charge is -2.13. The van der Waals surface area contributed by atoms with Crippen molar-refractivity contribution in [2.75, 3.05) is 0 Å². The Morgan fingerprint density at radius 3 is 2.25 bits per heavy atom. The normalized spacial score (nSPS) is 14.7. The van der Waals surface area contributed by atoms with Gasteiger partial charge in [-0.3, -0.25) is 0 Å². The molecule has 0 fully saturated rings. The van der Waals surface area contributed by atoms with Crippen LogP contribution in [0, 0.1) is 0 Å². The zero-order valence-electron chi connectivity index (χ0n) is 5.99. The minimum Gasteiger partial charge on any atom is -0.319 e. The van der Waals surface area contributed by atoms with Crippen LogP contribution in [0.15, 0.2) is 12.4 Å². The lowest BCUT2D eigenvalue weighted by molar-refractivity contribution is -0.151. The van der Waals surface area contributed by atoms with Crippen molar-refractivity contribution >= 4 is 0 Å². The third-order valence-corrected chi connectivity index (χ3v) is 1.25. The molecule has 1 aromatic rings. The Morgan fingerprint density at radius 2 is 1.83 bits per heavy atom. The average molecular weight is 180 g/mol. The number of hydrogen-bond acceptors (Lipinski definition) is 3. The Kier molecular flexibility index (Phi) is 2.32. The SMILES string of the molecule is NC(Cn1nccn1)C(F)(F)F. The molecule has 1 unspecified atom stereocenters. The fraction of sp³-hybridized carbons (Fsp3) is 0.600. The van der Waals surface area contributed by atoms with Crippen LogP contribution in [0.5, 0.6) is 0 Å². The number of hydrogen-bond donors (Lipinski definition) is 1. The average Bonchev–Trinajstić information content (AvgIpc) is 2.37. The third-order valence-electron chi connectivity index (χ3n) is 1.25. The van der Waals surface area contributed by atoms with Crippen molar-refractivity contribution in [2.45, 2.75) is 18.8 Å². The highest BCUT2D eigenvalue weighted by molar-refractivity contribution is 4.70. The van der Waals surface area contributed by atoms with Crippen molar-refractivity contribution in [3.05, 3.63) is 12.4 Å². The molecule has 12 heavy (non-hydrogen) atoms. The fourth-order valence-corrected chi connectivity index (χ4v) is 0.617. The van der Waals surface area contributed by atoms with Crippen LogP contribution >= 0.6 is 0 Å². The molecule has 0 aliphatic carbocycles. The molecule has 0 amide bonds. The first-order valence-electron chi connectivity index (χ1n) is 3.16. The standard InChI is InChI=1S/C5H7F3N4/c6-5(7,8)4(9)3-12-10-1-2-11-12/h1-2,4H,3,9H2. The van der Waals surface area contributed by atoms with E-state index in [0.29, 0.717) is 0 Å². The van der Waals surface area contributed by atoms with E-state index in [1.54, 1.807) is 0 Å². The van der Waals surface area contributed by atoms with E-state index in [-0.39, 0.29) is 0 Å². The highest BCUT2D eigenvalue weighted by Gasteiger charge is 2.37. The van der Waals surface area contributed by atoms with Gasteiger partial charge in [0, 0.05) is 0 Å². The first-order valence-corrected chi connectivity index (χ1v) is 3.16. The Balaban J connectivity index is 2.53. The van der Waals surface area contributed by atoms with Crippen molar-refractivity contribution in [1.82, 2.24) is 15.0 Å². The Bertz CT molecular complexity index is 229. The van der Waals surface area contributed by atoms with Crippen LogP contribution in [0.3, 0.4) is 0 Å². The summed E-state index contributed by atoms with van der Waals surface area (Å²) in [4.78, 5) is 0.901. The number of halogens is 3. The molecule has 0 saturated heterocycles. The quantitative estimate of drug-likeness (QED) is 0.705. The third kappa shape index (κ3) is 2.19. The molecule has 1 heterocycles. The zero-order valence-corrected chi connectivity index (χ0v) is 5.99. The Hall–Kier alpha value is -1.11. The zero-order chi connectivity index (χ0) is 9.19. The predicted molar refractivity (Wildman–Crippen MR) is 34.1 cm³/mol. The summed E-state index contributed by atoms with van der Waals surface area (Å²) in [6, 6.07) is -1.91. The van der Waals surface area contributed by atoms with Gasteiger partial charge < -0.3 is 5.73 Å². The molecule has 0 bridgehead atoms. The fourth-order valence-electron chi connectivity index (χ4n) is 0.617. The van der Waals surface area contributed by atoms with Gasteiger partial charge in [-0.25, -0.2) is 0 Å². The molecule has 4 nitrogen and oxygen atoms in total. The van der Waals surface area contributed by atoms with Gasteiger partial charge in [0.05, 0.1) is 18.9 Å². The molecule has 0 aliphatic heterocycles. The maximum absolute atomic E-state index is 11.8. The van der Waals surface area contributed by atoms with Crippen LogP contribution in [0.4, 0.5) is 13.2 Å². The smallest absolute Gasteiger partial charge is 0.319 e. The lowest BCUT2D eigenvalue weighted by atomic mass is 10.3. The van der Waals surface area contributed by atoms with Gasteiger partial charge in [0.2, 0.25) is 0 Å². The summed E-state index contributed by atoms with van der Waals surface area (Å²) in [7, 11) is 0. The summed E-state index contributed by atoms with van der Waals surface area (Å²) < 4.78 is 35.5. The van der Waals surface area contributed by atoms with Crippen molar-refractivity contribution in [3.8, 4) is 0 Å². The van der Waals surface area contributed by atoms with Crippen LogP contribution in [-0.4, -0.2) is 27.2 Å². The molecule has 1 atom stereocenters. The summed E-state index contributed by atoms with van der Waals surface area (Å²) in [6.07, 6.45) is -1.81. The monoisotopic (exact) mass is 180 g/mol. The highest BCUT2D eigenvalue weighted by atomic mass is 19.4. The number of aromatic nitrogens is 3. The van der Waals surface area contributed by atoms with E-state index in [1.807, 2.05) is 0 Å². The molecule has 1 rings (SSSR count). The van der Waals surface area contributed by atoms with Crippen LogP contribution in [-0.2, 0) is 6.54 Å². The molecule has 1 aromatic heterocycles. The second-order valence-electron chi connectivity index (χ2n) is 2.23. The van der Waals surface area contributed by atoms with Gasteiger partial charge >= 0.3 is 6.18 Å². The Labute approximate surface area is 66.2 Å². The van der Waals surface area contributed by atoms with E-state index >= 15 is 0 Å². The molecule has 0 aliphatic rings. The van der Waals surface area contributed by atoms with Gasteiger partial charge in [0.25, 0.3) is 0 Å². The summed E-state index contributed by atoms with van der Waals surface area (Å²) in [5.74, 6) is 0. The Morgan fingerprint density at radius 1 is 1.33 bits per heavy atom. The summed E-state index contributed by atoms with van der Waals surface area (Å²) in [6.45, 7) is -0.448. The topological polar surface area (TPSA) is 56.7 Å². The van der Waals surface area contributed by atoms with E-state index < -0.39 is 18.8 Å². The van der Waals surface area contributed by atoms with Crippen molar-refractivity contribution in [2.24, 2.45) is 5.73 Å². The molecule has 7 heteroatoms. The number of alkyl halides is 3. The van der Waals surface area contributed by atoms with E-state index in [4.69, 9.17) is 5.73 Å². The van der Waals surface area contributed by atoms with Crippen molar-refractivity contribution < 1.29 is 13.2 Å². The summed E-state index contributed by atoms with van der Waals surface area (Å²) in [5, 5.41) is 6.99. The van der Waals surface area contributed by atoms with Crippen molar-refractivity contribution in [3.63, 3.8) is 0 Å². The van der Waals surface area contributed by atoms with E-state index in [9.17, 15) is 13.2 Å². The minimum atomic E-state index is -4.40. The first kappa shape index (κ1) is 8.98. The second kappa shape index (κ2) is 3.10. The summed E-state index contributed by atoms with van der Waals surface area (Å²) >= 11 is 0. The predicted octanol–water partition coefficient (Wildman–Crippen LogP) is 0.168. The minimum absolute atomic E-state index is 0.448. The molecular formula is C5H7F3N4. The lowest BCUT2D eigenvalue weighted by Crippen LogP contribution is -2.41. The van der Waals surface area contributed by atoms with Crippen LogP contribution in [0.2, 0.25) is 0 Å². The van der Waals surface area contributed by atoms with Gasteiger partial charge in [0.1, 0.15) is 6.04 Å². The molecular weight excluding hydrogens is 173 g/mol. The maximum Gasteiger partial charge on any atom is 0.405 e. The van der Waals surface area contributed by atoms with Gasteiger partial charge in [0.15, 0.2) is 0 Å². The van der Waals surface area contributed by atoms with E-state index in [1.165, 1.54) is 12.4 Å². The molecule has 0 radical (unpaired) electrons. The maximum atomic E-state index is 11.8. The number of nitrogens with two attached hydrogens (primary N) is 1. The molecule has 68 valence electrons.